The lowest BCUT2D eigenvalue weighted by Gasteiger charge is -2.08. The molecule has 0 aliphatic carbocycles. The molecule has 0 aliphatic rings. The Morgan fingerprint density at radius 2 is 2.21 bits per heavy atom. The second-order valence-corrected chi connectivity index (χ2v) is 4.14. The van der Waals surface area contributed by atoms with Crippen LogP contribution in [-0.2, 0) is 0 Å². The van der Waals surface area contributed by atoms with E-state index in [2.05, 4.69) is 10.3 Å². The molecule has 1 aromatic carbocycles. The fourth-order valence-corrected chi connectivity index (χ4v) is 1.63. The van der Waals surface area contributed by atoms with Gasteiger partial charge in [0.15, 0.2) is 0 Å². The molecule has 96 valence electrons. The predicted molar refractivity (Wildman–Crippen MR) is 74.1 cm³/mol. The van der Waals surface area contributed by atoms with Crippen LogP contribution in [0.4, 0.5) is 5.69 Å². The second-order valence-electron chi connectivity index (χ2n) is 4.14. The van der Waals surface area contributed by atoms with E-state index in [1.165, 1.54) is 5.56 Å². The number of hydrogen-bond acceptors (Lipinski definition) is 4. The summed E-state index contributed by atoms with van der Waals surface area (Å²) >= 11 is 0. The van der Waals surface area contributed by atoms with E-state index in [1.807, 2.05) is 43.3 Å². The topological polar surface area (TPSA) is 57.9 Å². The molecule has 4 heteroatoms. The Bertz CT molecular complexity index is 573. The van der Waals surface area contributed by atoms with Gasteiger partial charge in [-0.25, -0.2) is 4.98 Å². The van der Waals surface area contributed by atoms with E-state index in [0.29, 0.717) is 18.8 Å². The fraction of sp³-hybridized carbons (Fsp3) is 0.200. The van der Waals surface area contributed by atoms with Crippen molar-refractivity contribution in [2.45, 2.75) is 6.92 Å². The first-order chi connectivity index (χ1) is 9.28. The summed E-state index contributed by atoms with van der Waals surface area (Å²) in [6, 6.07) is 13.5. The number of hydrogen-bond donors (Lipinski definition) is 1. The van der Waals surface area contributed by atoms with Gasteiger partial charge >= 0.3 is 0 Å². The molecule has 4 nitrogen and oxygen atoms in total. The van der Waals surface area contributed by atoms with Gasteiger partial charge in [0, 0.05) is 6.54 Å². The summed E-state index contributed by atoms with van der Waals surface area (Å²) in [7, 11) is 0. The van der Waals surface area contributed by atoms with Crippen molar-refractivity contribution in [2.75, 3.05) is 18.5 Å². The molecular formula is C15H15N3O. The summed E-state index contributed by atoms with van der Waals surface area (Å²) in [6.45, 7) is 3.29. The first kappa shape index (κ1) is 12.9. The van der Waals surface area contributed by atoms with E-state index in [9.17, 15) is 0 Å². The van der Waals surface area contributed by atoms with E-state index in [-0.39, 0.29) is 0 Å². The smallest absolute Gasteiger partial charge is 0.140 e. The minimum absolute atomic E-state index is 0.418. The van der Waals surface area contributed by atoms with Gasteiger partial charge in [0.25, 0.3) is 0 Å². The summed E-state index contributed by atoms with van der Waals surface area (Å²) in [5, 5.41) is 11.8. The van der Waals surface area contributed by atoms with Crippen LogP contribution in [0.25, 0.3) is 0 Å². The van der Waals surface area contributed by atoms with Crippen molar-refractivity contribution < 1.29 is 4.74 Å². The zero-order valence-electron chi connectivity index (χ0n) is 10.8. The number of aromatic nitrogens is 1. The summed E-state index contributed by atoms with van der Waals surface area (Å²) in [5.74, 6) is 0.875. The van der Waals surface area contributed by atoms with Crippen LogP contribution in [0.1, 0.15) is 11.3 Å². The zero-order chi connectivity index (χ0) is 13.5. The Kier molecular flexibility index (Phi) is 4.35. The van der Waals surface area contributed by atoms with Gasteiger partial charge in [-0.1, -0.05) is 12.1 Å². The first-order valence-corrected chi connectivity index (χ1v) is 6.07. The maximum absolute atomic E-state index is 8.64. The lowest BCUT2D eigenvalue weighted by Crippen LogP contribution is -2.11. The largest absolute Gasteiger partial charge is 0.492 e. The van der Waals surface area contributed by atoms with Gasteiger partial charge in [0.2, 0.25) is 0 Å². The first-order valence-electron chi connectivity index (χ1n) is 6.07. The van der Waals surface area contributed by atoms with Crippen LogP contribution < -0.4 is 10.1 Å². The van der Waals surface area contributed by atoms with E-state index in [4.69, 9.17) is 10.00 Å². The van der Waals surface area contributed by atoms with Crippen molar-refractivity contribution in [1.82, 2.24) is 4.98 Å². The number of anilines is 1. The van der Waals surface area contributed by atoms with Crippen molar-refractivity contribution >= 4 is 5.69 Å². The van der Waals surface area contributed by atoms with Gasteiger partial charge < -0.3 is 10.1 Å². The van der Waals surface area contributed by atoms with Crippen LogP contribution in [0.5, 0.6) is 5.75 Å². The number of nitrogens with one attached hydrogen (secondary N) is 1. The highest BCUT2D eigenvalue weighted by Gasteiger charge is 1.96. The van der Waals surface area contributed by atoms with Crippen LogP contribution in [0.2, 0.25) is 0 Å². The van der Waals surface area contributed by atoms with Gasteiger partial charge in [-0.2, -0.15) is 5.26 Å². The summed E-state index contributed by atoms with van der Waals surface area (Å²) in [5.41, 5.74) is 2.48. The van der Waals surface area contributed by atoms with Crippen molar-refractivity contribution in [3.63, 3.8) is 0 Å². The van der Waals surface area contributed by atoms with Crippen LogP contribution in [-0.4, -0.2) is 18.1 Å². The molecular weight excluding hydrogens is 238 g/mol. The third-order valence-electron chi connectivity index (χ3n) is 2.57. The molecule has 0 unspecified atom stereocenters. The fourth-order valence-electron chi connectivity index (χ4n) is 1.63. The zero-order valence-corrected chi connectivity index (χ0v) is 10.8. The Labute approximate surface area is 112 Å². The minimum atomic E-state index is 0.418. The molecule has 2 aromatic rings. The molecule has 1 aromatic heterocycles. The maximum Gasteiger partial charge on any atom is 0.140 e. The summed E-state index contributed by atoms with van der Waals surface area (Å²) in [4.78, 5) is 3.98. The van der Waals surface area contributed by atoms with Crippen molar-refractivity contribution in [3.05, 3.63) is 53.9 Å². The Hall–Kier alpha value is -2.54. The molecule has 1 heterocycles. The number of nitriles is 1. The number of ether oxygens (including phenoxy) is 1. The highest BCUT2D eigenvalue weighted by atomic mass is 16.5. The summed E-state index contributed by atoms with van der Waals surface area (Å²) < 4.78 is 5.62. The van der Waals surface area contributed by atoms with E-state index < -0.39 is 0 Å². The molecule has 2 rings (SSSR count). The quantitative estimate of drug-likeness (QED) is 0.832. The van der Waals surface area contributed by atoms with Crippen LogP contribution in [0.15, 0.2) is 42.6 Å². The third-order valence-corrected chi connectivity index (χ3v) is 2.57. The third kappa shape index (κ3) is 4.00. The van der Waals surface area contributed by atoms with Crippen molar-refractivity contribution in [1.29, 1.82) is 5.26 Å². The van der Waals surface area contributed by atoms with Gasteiger partial charge in [0.05, 0.1) is 11.9 Å². The van der Waals surface area contributed by atoms with Crippen molar-refractivity contribution in [3.8, 4) is 11.8 Å². The number of pyridine rings is 1. The molecule has 0 saturated heterocycles. The standard InChI is InChI=1S/C15H15N3O/c1-12-3-2-4-15(9-12)19-8-7-17-14-6-5-13(10-16)18-11-14/h2-6,9,11,17H,7-8H2,1H3. The van der Waals surface area contributed by atoms with E-state index in [0.717, 1.165) is 11.4 Å². The van der Waals surface area contributed by atoms with Gasteiger partial charge in [0.1, 0.15) is 24.1 Å². The molecule has 19 heavy (non-hydrogen) atoms. The van der Waals surface area contributed by atoms with Crippen LogP contribution in [0.3, 0.4) is 0 Å². The number of aryl methyl sites for hydroxylation is 1. The average Bonchev–Trinajstić information content (AvgIpc) is 2.44. The SMILES string of the molecule is Cc1cccc(OCCNc2ccc(C#N)nc2)c1. The van der Waals surface area contributed by atoms with E-state index in [1.54, 1.807) is 12.3 Å². The number of rotatable bonds is 5. The molecule has 0 radical (unpaired) electrons. The minimum Gasteiger partial charge on any atom is -0.492 e. The molecule has 0 bridgehead atoms. The van der Waals surface area contributed by atoms with E-state index >= 15 is 0 Å². The predicted octanol–water partition coefficient (Wildman–Crippen LogP) is 2.75. The highest BCUT2D eigenvalue weighted by molar-refractivity contribution is 5.42. The van der Waals surface area contributed by atoms with Gasteiger partial charge in [-0.3, -0.25) is 0 Å². The molecule has 0 aliphatic heterocycles. The lowest BCUT2D eigenvalue weighted by molar-refractivity contribution is 0.332. The second kappa shape index (κ2) is 6.41. The molecule has 0 atom stereocenters. The number of benzene rings is 1. The lowest BCUT2D eigenvalue weighted by atomic mass is 10.2. The summed E-state index contributed by atoms with van der Waals surface area (Å²) in [6.07, 6.45) is 1.64. The normalized spacial score (nSPS) is 9.68. The van der Waals surface area contributed by atoms with Crippen LogP contribution in [0, 0.1) is 18.3 Å². The average molecular weight is 253 g/mol. The van der Waals surface area contributed by atoms with Gasteiger partial charge in [-0.15, -0.1) is 0 Å². The van der Waals surface area contributed by atoms with Crippen molar-refractivity contribution in [2.24, 2.45) is 0 Å². The molecule has 0 amide bonds. The highest BCUT2D eigenvalue weighted by Crippen LogP contribution is 2.12. The Balaban J connectivity index is 1.76. The molecule has 0 fully saturated rings. The monoisotopic (exact) mass is 253 g/mol. The maximum atomic E-state index is 8.64. The Morgan fingerprint density at radius 3 is 2.89 bits per heavy atom. The molecule has 0 saturated carbocycles. The van der Waals surface area contributed by atoms with Crippen LogP contribution >= 0.6 is 0 Å². The molecule has 1 N–H and O–H groups in total. The van der Waals surface area contributed by atoms with Gasteiger partial charge in [-0.05, 0) is 36.8 Å². The molecule has 0 spiro atoms. The number of nitrogens with zero attached hydrogens (tertiary/aromatic N) is 2. The Morgan fingerprint density at radius 1 is 1.32 bits per heavy atom.